The Balaban J connectivity index is 1.30. The second kappa shape index (κ2) is 22.4. The molecule has 5 N–H and O–H groups in total. The van der Waals surface area contributed by atoms with E-state index < -0.39 is 40.4 Å². The van der Waals surface area contributed by atoms with Crippen LogP contribution in [0.3, 0.4) is 0 Å². The summed E-state index contributed by atoms with van der Waals surface area (Å²) in [6, 6.07) is 13.6. The number of carbonyl (C=O) groups is 5. The Kier molecular flexibility index (Phi) is 18.0. The van der Waals surface area contributed by atoms with E-state index in [1.807, 2.05) is 52.1 Å². The predicted molar refractivity (Wildman–Crippen MR) is 226 cm³/mol. The van der Waals surface area contributed by atoms with E-state index in [-0.39, 0.29) is 60.0 Å². The summed E-state index contributed by atoms with van der Waals surface area (Å²) in [5.41, 5.74) is 13.5. The smallest absolute Gasteiger partial charge is 0.321 e. The second-order valence-corrected chi connectivity index (χ2v) is 18.1. The van der Waals surface area contributed by atoms with Crippen molar-refractivity contribution in [2.24, 2.45) is 16.9 Å². The molecule has 0 radical (unpaired) electrons. The van der Waals surface area contributed by atoms with E-state index >= 15 is 4.39 Å². The summed E-state index contributed by atoms with van der Waals surface area (Å²) < 4.78 is 31.5. The molecule has 15 heteroatoms. The number of halogens is 2. The fraction of sp³-hybridized carbons (Fsp3) is 0.512. The summed E-state index contributed by atoms with van der Waals surface area (Å²) in [5.74, 6) is -1.89. The monoisotopic (exact) mass is 841 g/mol. The predicted octanol–water partition coefficient (Wildman–Crippen LogP) is 6.66. The van der Waals surface area contributed by atoms with Crippen LogP contribution in [0, 0.1) is 17.0 Å². The number of carbonyl (C=O) groups excluding carboxylic acids is 4. The molecule has 316 valence electrons. The van der Waals surface area contributed by atoms with Crippen molar-refractivity contribution in [1.29, 1.82) is 0 Å². The lowest BCUT2D eigenvalue weighted by Gasteiger charge is -2.41. The maximum Gasteiger partial charge on any atom is 0.321 e. The van der Waals surface area contributed by atoms with Gasteiger partial charge in [0, 0.05) is 67.7 Å². The molecule has 0 aliphatic carbocycles. The highest BCUT2D eigenvalue weighted by Crippen LogP contribution is 2.41. The normalized spacial score (nSPS) is 15.5. The van der Waals surface area contributed by atoms with Gasteiger partial charge in [0.15, 0.2) is 0 Å². The maximum atomic E-state index is 15.1. The number of carboxylic acids is 1. The lowest BCUT2D eigenvalue weighted by Crippen LogP contribution is -2.44. The number of imide groups is 1. The summed E-state index contributed by atoms with van der Waals surface area (Å²) in [6.45, 7) is 7.67. The van der Waals surface area contributed by atoms with E-state index in [2.05, 4.69) is 20.8 Å². The van der Waals surface area contributed by atoms with Crippen LogP contribution in [0.1, 0.15) is 89.4 Å². The van der Waals surface area contributed by atoms with Crippen LogP contribution in [0.25, 0.3) is 11.1 Å². The molecule has 1 aliphatic heterocycles. The third-order valence-corrected chi connectivity index (χ3v) is 12.4. The van der Waals surface area contributed by atoms with Crippen LogP contribution in [0.2, 0.25) is 0 Å². The van der Waals surface area contributed by atoms with Crippen LogP contribution >= 0.6 is 23.5 Å². The van der Waals surface area contributed by atoms with Crippen molar-refractivity contribution in [1.82, 2.24) is 14.4 Å². The minimum Gasteiger partial charge on any atom is -0.480 e. The van der Waals surface area contributed by atoms with Crippen LogP contribution in [0.15, 0.2) is 60.8 Å². The molecule has 1 aromatic heterocycles. The molecule has 11 nitrogen and oxygen atoms in total. The molecule has 1 saturated heterocycles. The van der Waals surface area contributed by atoms with Gasteiger partial charge in [-0.25, -0.2) is 8.78 Å². The number of carboxylic acid groups (broad SMARTS) is 1. The first-order valence-corrected chi connectivity index (χ1v) is 22.0. The number of amides is 3. The van der Waals surface area contributed by atoms with Crippen LogP contribution in [0.4, 0.5) is 8.78 Å². The van der Waals surface area contributed by atoms with E-state index in [1.54, 1.807) is 0 Å². The first-order valence-electron chi connectivity index (χ1n) is 19.8. The lowest BCUT2D eigenvalue weighted by molar-refractivity contribution is -0.139. The van der Waals surface area contributed by atoms with E-state index in [0.717, 1.165) is 58.6 Å². The summed E-state index contributed by atoms with van der Waals surface area (Å²) in [7, 11) is 0. The number of nitrogens with zero attached hydrogens (tertiary/aromatic N) is 3. The Morgan fingerprint density at radius 1 is 0.983 bits per heavy atom. The lowest BCUT2D eigenvalue weighted by atomic mass is 9.83. The molecule has 4 rings (SSSR count). The van der Waals surface area contributed by atoms with Gasteiger partial charge in [0.2, 0.25) is 17.7 Å². The third kappa shape index (κ3) is 13.5. The first-order chi connectivity index (χ1) is 27.6. The highest BCUT2D eigenvalue weighted by atomic mass is 32.2. The van der Waals surface area contributed by atoms with Gasteiger partial charge in [-0.1, -0.05) is 57.5 Å². The number of Topliss-reactive ketones (excluding diaryl/α,β-unsaturated/α-hetero) is 1. The van der Waals surface area contributed by atoms with Gasteiger partial charge in [-0.3, -0.25) is 28.9 Å². The summed E-state index contributed by atoms with van der Waals surface area (Å²) >= 11 is 2.61. The molecule has 0 saturated carbocycles. The van der Waals surface area contributed by atoms with Gasteiger partial charge in [-0.2, -0.15) is 11.8 Å². The van der Waals surface area contributed by atoms with Crippen molar-refractivity contribution in [2.75, 3.05) is 36.9 Å². The molecule has 0 bridgehead atoms. The molecule has 2 aromatic carbocycles. The molecular weight excluding hydrogens is 785 g/mol. The molecule has 58 heavy (non-hydrogen) atoms. The Hall–Kier alpha value is -4.05. The number of hydrogen-bond donors (Lipinski definition) is 3. The van der Waals surface area contributed by atoms with Crippen LogP contribution in [-0.2, 0) is 30.5 Å². The zero-order valence-corrected chi connectivity index (χ0v) is 35.3. The zero-order chi connectivity index (χ0) is 42.4. The van der Waals surface area contributed by atoms with Gasteiger partial charge in [0.1, 0.15) is 23.5 Å². The number of aliphatic carboxylic acids is 1. The second-order valence-electron chi connectivity index (χ2n) is 15.7. The van der Waals surface area contributed by atoms with Crippen molar-refractivity contribution < 1.29 is 37.9 Å². The van der Waals surface area contributed by atoms with Gasteiger partial charge < -0.3 is 26.0 Å². The first kappa shape index (κ1) is 46.6. The van der Waals surface area contributed by atoms with E-state index in [1.165, 1.54) is 17.8 Å². The molecule has 1 unspecified atom stereocenters. The average Bonchev–Trinajstić information content (AvgIpc) is 3.70. The number of aromatic nitrogens is 1. The fourth-order valence-corrected chi connectivity index (χ4v) is 9.09. The van der Waals surface area contributed by atoms with Crippen LogP contribution in [-0.4, -0.2) is 97.1 Å². The molecule has 0 spiro atoms. The minimum atomic E-state index is -1.16. The van der Waals surface area contributed by atoms with E-state index in [9.17, 15) is 28.4 Å². The Morgan fingerprint density at radius 3 is 2.40 bits per heavy atom. The third-order valence-electron chi connectivity index (χ3n) is 10.0. The molecular formula is C43H57F2N5O6S2. The number of nitrogens with two attached hydrogens (primary N) is 2. The highest BCUT2D eigenvalue weighted by Gasteiger charge is 2.39. The van der Waals surface area contributed by atoms with Gasteiger partial charge in [0.05, 0.1) is 17.0 Å². The number of rotatable bonds is 24. The summed E-state index contributed by atoms with van der Waals surface area (Å²) in [6.07, 6.45) is 5.76. The number of hydrogen-bond acceptors (Lipinski definition) is 9. The zero-order valence-electron chi connectivity index (χ0n) is 33.7. The summed E-state index contributed by atoms with van der Waals surface area (Å²) in [4.78, 5) is 65.7. The van der Waals surface area contributed by atoms with Gasteiger partial charge in [-0.05, 0) is 73.2 Å². The molecule has 1 aliphatic rings. The van der Waals surface area contributed by atoms with Crippen molar-refractivity contribution in [2.45, 2.75) is 96.0 Å². The molecule has 1 fully saturated rings. The van der Waals surface area contributed by atoms with Gasteiger partial charge >= 0.3 is 5.97 Å². The molecule has 3 amide bonds. The van der Waals surface area contributed by atoms with Crippen LogP contribution in [0.5, 0.6) is 0 Å². The van der Waals surface area contributed by atoms with Crippen molar-refractivity contribution in [3.8, 4) is 11.1 Å². The largest absolute Gasteiger partial charge is 0.480 e. The Labute approximate surface area is 348 Å². The van der Waals surface area contributed by atoms with Gasteiger partial charge in [0.25, 0.3) is 0 Å². The number of benzene rings is 2. The Morgan fingerprint density at radius 2 is 1.71 bits per heavy atom. The van der Waals surface area contributed by atoms with Crippen molar-refractivity contribution >= 4 is 53.0 Å². The molecule has 2 heterocycles. The van der Waals surface area contributed by atoms with Crippen LogP contribution < -0.4 is 11.5 Å². The van der Waals surface area contributed by atoms with E-state index in [0.29, 0.717) is 50.9 Å². The quantitative estimate of drug-likeness (QED) is 0.0655. The Bertz CT molecular complexity index is 1870. The van der Waals surface area contributed by atoms with Gasteiger partial charge in [-0.15, -0.1) is 11.8 Å². The number of ketones is 1. The number of unbranched alkanes of at least 4 members (excludes halogenated alkanes) is 2. The molecule has 3 aromatic rings. The van der Waals surface area contributed by atoms with Crippen molar-refractivity contribution in [3.05, 3.63) is 83.7 Å². The average molecular weight is 842 g/mol. The highest BCUT2D eigenvalue weighted by molar-refractivity contribution is 8.00. The number of likely N-dealkylation sites (tertiary alicyclic amines) is 1. The topological polar surface area (TPSA) is 169 Å². The van der Waals surface area contributed by atoms with Crippen molar-refractivity contribution in [3.63, 3.8) is 0 Å². The minimum absolute atomic E-state index is 0.000383. The standard InChI is InChI=1S/C43H57F2N5O6S2/c1-43(2,3)40(36-22-30(33-23-31(44)16-17-34(33)45)26-48(36)25-29-12-6-4-7-13-29)49(20-11-18-46)39(53)28-57-21-9-5-8-14-32(51)15-10-19-50-38(52)24-37(41(50)54)58-27-35(47)42(55)56/h4,6-7,12-13,16-17,22-23,26,35,37,40H,5,8-11,14-15,18-21,24-25,27-28,46-47H2,1-3H3,(H,55,56)/t35-,37?,40-/m0/s1. The van der Waals surface area contributed by atoms with E-state index in [4.69, 9.17) is 16.6 Å². The summed E-state index contributed by atoms with van der Waals surface area (Å²) in [5, 5.41) is 8.30. The number of thioether (sulfide) groups is 2. The maximum absolute atomic E-state index is 15.1. The molecule has 3 atom stereocenters. The SMILES string of the molecule is CC(C)(C)[C@H](c1cc(-c2cc(F)ccc2F)cn1Cc1ccccc1)N(CCCN)C(=O)CSCCCCCC(=O)CCCN1C(=O)CC(SC[C@H](N)C(=O)O)C1=O. The fourth-order valence-electron chi connectivity index (χ4n) is 7.09.